The first-order valence-electron chi connectivity index (χ1n) is 5.08. The summed E-state index contributed by atoms with van der Waals surface area (Å²) in [7, 11) is 0. The predicted octanol–water partition coefficient (Wildman–Crippen LogP) is 2.39. The van der Waals surface area contributed by atoms with Crippen LogP contribution in [-0.2, 0) is 4.79 Å². The Labute approximate surface area is 79.3 Å². The van der Waals surface area contributed by atoms with Crippen molar-refractivity contribution in [2.24, 2.45) is 28.6 Å². The maximum Gasteiger partial charge on any atom is 0.307 e. The first-order valence-corrected chi connectivity index (χ1v) is 5.08. The van der Waals surface area contributed by atoms with Crippen LogP contribution in [0.1, 0.15) is 34.1 Å². The van der Waals surface area contributed by atoms with Crippen LogP contribution in [0, 0.1) is 28.6 Å². The number of carbonyl (C=O) groups is 1. The Kier molecular flexibility index (Phi) is 1.46. The standard InChI is InChI=1S/C11H18O2/c1-6-5-11(7(6)2)8(9(12)13)10(11,3)4/h6-8H,5H2,1-4H3,(H,12,13). The summed E-state index contributed by atoms with van der Waals surface area (Å²) in [6.45, 7) is 8.64. The highest BCUT2D eigenvalue weighted by molar-refractivity contribution is 5.77. The van der Waals surface area contributed by atoms with Gasteiger partial charge in [-0.2, -0.15) is 0 Å². The number of hydrogen-bond donors (Lipinski definition) is 1. The summed E-state index contributed by atoms with van der Waals surface area (Å²) in [5, 5.41) is 9.09. The van der Waals surface area contributed by atoms with E-state index in [1.54, 1.807) is 0 Å². The summed E-state index contributed by atoms with van der Waals surface area (Å²) in [5.74, 6) is 0.613. The highest BCUT2D eigenvalue weighted by atomic mass is 16.4. The summed E-state index contributed by atoms with van der Waals surface area (Å²) >= 11 is 0. The van der Waals surface area contributed by atoms with Crippen molar-refractivity contribution in [3.63, 3.8) is 0 Å². The zero-order valence-electron chi connectivity index (χ0n) is 8.79. The molecular weight excluding hydrogens is 164 g/mol. The molecule has 2 fully saturated rings. The fraction of sp³-hybridized carbons (Fsp3) is 0.909. The van der Waals surface area contributed by atoms with Crippen molar-refractivity contribution in [1.29, 1.82) is 0 Å². The molecule has 4 unspecified atom stereocenters. The van der Waals surface area contributed by atoms with Gasteiger partial charge in [0.1, 0.15) is 0 Å². The highest BCUT2D eigenvalue weighted by Gasteiger charge is 2.80. The van der Waals surface area contributed by atoms with Crippen LogP contribution in [0.3, 0.4) is 0 Å². The van der Waals surface area contributed by atoms with Gasteiger partial charge in [-0.1, -0.05) is 27.7 Å². The number of rotatable bonds is 1. The Bertz CT molecular complexity index is 269. The molecular formula is C11H18O2. The lowest BCUT2D eigenvalue weighted by atomic mass is 9.60. The molecule has 74 valence electrons. The van der Waals surface area contributed by atoms with Crippen molar-refractivity contribution in [2.75, 3.05) is 0 Å². The number of hydrogen-bond acceptors (Lipinski definition) is 1. The van der Waals surface area contributed by atoms with Crippen LogP contribution in [0.5, 0.6) is 0 Å². The summed E-state index contributed by atoms with van der Waals surface area (Å²) in [4.78, 5) is 11.0. The molecule has 0 aromatic heterocycles. The molecule has 1 N–H and O–H groups in total. The normalized spacial score (nSPS) is 51.5. The van der Waals surface area contributed by atoms with Crippen LogP contribution in [0.4, 0.5) is 0 Å². The molecule has 0 aromatic carbocycles. The maximum atomic E-state index is 11.0. The van der Waals surface area contributed by atoms with Gasteiger partial charge in [0, 0.05) is 0 Å². The fourth-order valence-corrected chi connectivity index (χ4v) is 3.89. The van der Waals surface area contributed by atoms with E-state index in [1.165, 1.54) is 0 Å². The lowest BCUT2D eigenvalue weighted by Crippen LogP contribution is -2.39. The highest BCUT2D eigenvalue weighted by Crippen LogP contribution is 2.81. The van der Waals surface area contributed by atoms with Crippen molar-refractivity contribution in [2.45, 2.75) is 34.1 Å². The Hall–Kier alpha value is -0.530. The molecule has 2 aliphatic carbocycles. The number of carboxylic acid groups (broad SMARTS) is 1. The molecule has 0 aliphatic heterocycles. The van der Waals surface area contributed by atoms with Gasteiger partial charge in [0.05, 0.1) is 5.92 Å². The summed E-state index contributed by atoms with van der Waals surface area (Å²) in [5.41, 5.74) is 0.170. The Morgan fingerprint density at radius 1 is 1.38 bits per heavy atom. The molecule has 4 atom stereocenters. The Morgan fingerprint density at radius 2 is 1.92 bits per heavy atom. The van der Waals surface area contributed by atoms with E-state index in [1.807, 2.05) is 0 Å². The first-order chi connectivity index (χ1) is 5.85. The lowest BCUT2D eigenvalue weighted by Gasteiger charge is -2.44. The zero-order valence-corrected chi connectivity index (χ0v) is 8.79. The summed E-state index contributed by atoms with van der Waals surface area (Å²) in [6, 6.07) is 0. The first kappa shape index (κ1) is 9.04. The number of carboxylic acids is 1. The second kappa shape index (κ2) is 2.10. The minimum Gasteiger partial charge on any atom is -0.481 e. The third kappa shape index (κ3) is 0.733. The van der Waals surface area contributed by atoms with Crippen molar-refractivity contribution < 1.29 is 9.90 Å². The fourth-order valence-electron chi connectivity index (χ4n) is 3.89. The monoisotopic (exact) mass is 182 g/mol. The molecule has 1 spiro atoms. The van der Waals surface area contributed by atoms with E-state index >= 15 is 0 Å². The molecule has 0 heterocycles. The average Bonchev–Trinajstić information content (AvgIpc) is 2.51. The molecule has 0 saturated heterocycles. The average molecular weight is 182 g/mol. The third-order valence-electron chi connectivity index (χ3n) is 4.93. The summed E-state index contributed by atoms with van der Waals surface area (Å²) < 4.78 is 0. The van der Waals surface area contributed by atoms with E-state index in [-0.39, 0.29) is 16.7 Å². The van der Waals surface area contributed by atoms with Crippen LogP contribution in [0.2, 0.25) is 0 Å². The van der Waals surface area contributed by atoms with E-state index < -0.39 is 5.97 Å². The topological polar surface area (TPSA) is 37.3 Å². The molecule has 0 aromatic rings. The van der Waals surface area contributed by atoms with Gasteiger partial charge in [-0.25, -0.2) is 0 Å². The molecule has 2 aliphatic rings. The maximum absolute atomic E-state index is 11.0. The van der Waals surface area contributed by atoms with E-state index in [0.29, 0.717) is 11.8 Å². The second-order valence-corrected chi connectivity index (χ2v) is 5.50. The van der Waals surface area contributed by atoms with Crippen molar-refractivity contribution in [1.82, 2.24) is 0 Å². The molecule has 2 nitrogen and oxygen atoms in total. The van der Waals surface area contributed by atoms with Gasteiger partial charge in [-0.3, -0.25) is 4.79 Å². The summed E-state index contributed by atoms with van der Waals surface area (Å²) in [6.07, 6.45) is 1.11. The van der Waals surface area contributed by atoms with E-state index in [4.69, 9.17) is 5.11 Å². The van der Waals surface area contributed by atoms with Gasteiger partial charge in [0.2, 0.25) is 0 Å². The predicted molar refractivity (Wildman–Crippen MR) is 50.3 cm³/mol. The third-order valence-corrected chi connectivity index (χ3v) is 4.93. The van der Waals surface area contributed by atoms with Crippen LogP contribution in [0.25, 0.3) is 0 Å². The minimum absolute atomic E-state index is 0.0325. The van der Waals surface area contributed by atoms with Crippen LogP contribution < -0.4 is 0 Å². The molecule has 0 amide bonds. The van der Waals surface area contributed by atoms with Gasteiger partial charge < -0.3 is 5.11 Å². The minimum atomic E-state index is -0.594. The van der Waals surface area contributed by atoms with E-state index in [0.717, 1.165) is 6.42 Å². The molecule has 2 heteroatoms. The molecule has 13 heavy (non-hydrogen) atoms. The van der Waals surface area contributed by atoms with Gasteiger partial charge in [-0.15, -0.1) is 0 Å². The quantitative estimate of drug-likeness (QED) is 0.676. The van der Waals surface area contributed by atoms with Gasteiger partial charge in [-0.05, 0) is 29.1 Å². The lowest BCUT2D eigenvalue weighted by molar-refractivity contribution is -0.141. The number of aliphatic carboxylic acids is 1. The van der Waals surface area contributed by atoms with Crippen molar-refractivity contribution in [3.05, 3.63) is 0 Å². The SMILES string of the molecule is CC1CC2(C1C)C(C(=O)O)C2(C)C. The van der Waals surface area contributed by atoms with E-state index in [2.05, 4.69) is 27.7 Å². The van der Waals surface area contributed by atoms with Crippen LogP contribution in [-0.4, -0.2) is 11.1 Å². The van der Waals surface area contributed by atoms with E-state index in [9.17, 15) is 4.79 Å². The largest absolute Gasteiger partial charge is 0.481 e. The van der Waals surface area contributed by atoms with Crippen molar-refractivity contribution >= 4 is 5.97 Å². The van der Waals surface area contributed by atoms with Gasteiger partial charge in [0.15, 0.2) is 0 Å². The van der Waals surface area contributed by atoms with Gasteiger partial charge in [0.25, 0.3) is 0 Å². The molecule has 0 radical (unpaired) electrons. The van der Waals surface area contributed by atoms with Crippen molar-refractivity contribution in [3.8, 4) is 0 Å². The Balaban J connectivity index is 2.25. The molecule has 0 bridgehead atoms. The Morgan fingerprint density at radius 3 is 2.15 bits per heavy atom. The zero-order chi connectivity index (χ0) is 10.0. The van der Waals surface area contributed by atoms with Crippen LogP contribution in [0.15, 0.2) is 0 Å². The second-order valence-electron chi connectivity index (χ2n) is 5.50. The molecule has 2 saturated carbocycles. The van der Waals surface area contributed by atoms with Crippen LogP contribution >= 0.6 is 0 Å². The molecule has 2 rings (SSSR count). The smallest absolute Gasteiger partial charge is 0.307 e. The van der Waals surface area contributed by atoms with Gasteiger partial charge >= 0.3 is 5.97 Å².